The highest BCUT2D eigenvalue weighted by Crippen LogP contribution is 2.42. The van der Waals surface area contributed by atoms with Gasteiger partial charge in [0.25, 0.3) is 0 Å². The first kappa shape index (κ1) is 27.1. The monoisotopic (exact) mass is 404 g/mol. The van der Waals surface area contributed by atoms with Crippen molar-refractivity contribution in [2.24, 2.45) is 0 Å². The highest BCUT2D eigenvalue weighted by atomic mass is 28.3. The van der Waals surface area contributed by atoms with E-state index in [1.807, 2.05) is 13.8 Å². The molecule has 0 radical (unpaired) electrons. The summed E-state index contributed by atoms with van der Waals surface area (Å²) in [6.07, 6.45) is 12.9. The Hall–Kier alpha value is 0.0569. The Morgan fingerprint density at radius 3 is 1.41 bits per heavy atom. The van der Waals surface area contributed by atoms with E-state index in [-0.39, 0.29) is 5.04 Å². The predicted molar refractivity (Wildman–Crippen MR) is 118 cm³/mol. The van der Waals surface area contributed by atoms with Crippen LogP contribution in [0, 0.1) is 0 Å². The second-order valence-electron chi connectivity index (χ2n) is 7.74. The third-order valence-electron chi connectivity index (χ3n) is 5.17. The summed E-state index contributed by atoms with van der Waals surface area (Å²) in [4.78, 5) is 0. The van der Waals surface area contributed by atoms with Crippen molar-refractivity contribution in [1.82, 2.24) is 0 Å². The van der Waals surface area contributed by atoms with Crippen LogP contribution >= 0.6 is 0 Å². The maximum atomic E-state index is 6.34. The second kappa shape index (κ2) is 19.4. The van der Waals surface area contributed by atoms with Gasteiger partial charge >= 0.3 is 9.28 Å². The van der Waals surface area contributed by atoms with E-state index in [1.54, 1.807) is 0 Å². The Labute approximate surface area is 171 Å². The van der Waals surface area contributed by atoms with Gasteiger partial charge in [0, 0.05) is 18.3 Å². The molecular formula is C22H48O4Si. The molecule has 0 atom stereocenters. The van der Waals surface area contributed by atoms with Crippen LogP contribution in [0.2, 0.25) is 5.04 Å². The van der Waals surface area contributed by atoms with Crippen LogP contribution in [0.4, 0.5) is 0 Å². The molecule has 0 aromatic carbocycles. The van der Waals surface area contributed by atoms with Crippen molar-refractivity contribution in [3.05, 3.63) is 0 Å². The summed E-state index contributed by atoms with van der Waals surface area (Å²) in [6, 6.07) is 0. The Morgan fingerprint density at radius 2 is 1.04 bits per heavy atom. The molecule has 0 amide bonds. The third kappa shape index (κ3) is 14.7. The molecule has 0 saturated carbocycles. The summed E-state index contributed by atoms with van der Waals surface area (Å²) >= 11 is 0. The fraction of sp³-hybridized carbons (Fsp3) is 1.00. The topological polar surface area (TPSA) is 36.9 Å². The zero-order valence-electron chi connectivity index (χ0n) is 19.0. The molecule has 0 heterocycles. The predicted octanol–water partition coefficient (Wildman–Crippen LogP) is 6.01. The minimum atomic E-state index is -1.81. The highest BCUT2D eigenvalue weighted by Gasteiger charge is 2.38. The molecule has 164 valence electrons. The van der Waals surface area contributed by atoms with Gasteiger partial charge in [-0.3, -0.25) is 0 Å². The molecule has 0 bridgehead atoms. The van der Waals surface area contributed by atoms with Crippen molar-refractivity contribution in [3.8, 4) is 0 Å². The number of rotatable bonds is 21. The van der Waals surface area contributed by atoms with Gasteiger partial charge in [-0.2, -0.15) is 0 Å². The molecule has 5 heteroatoms. The lowest BCUT2D eigenvalue weighted by atomic mass is 9.95. The van der Waals surface area contributed by atoms with Crippen LogP contribution in [-0.4, -0.2) is 48.9 Å². The fourth-order valence-corrected chi connectivity index (χ4v) is 5.84. The number of hydrogen-bond donors (Lipinski definition) is 0. The molecule has 0 aliphatic carbocycles. The van der Waals surface area contributed by atoms with Crippen LogP contribution < -0.4 is 0 Å². The van der Waals surface area contributed by atoms with Gasteiger partial charge in [-0.05, 0) is 26.7 Å². The van der Waals surface area contributed by atoms with E-state index < -0.39 is 9.28 Å². The first-order valence-electron chi connectivity index (χ1n) is 11.5. The molecule has 0 N–H and O–H groups in total. The summed E-state index contributed by atoms with van der Waals surface area (Å²) in [5.41, 5.74) is 0. The summed E-state index contributed by atoms with van der Waals surface area (Å²) in [6.45, 7) is 15.1. The van der Waals surface area contributed by atoms with Gasteiger partial charge in [0.05, 0.1) is 26.4 Å². The van der Waals surface area contributed by atoms with Gasteiger partial charge in [-0.1, -0.05) is 72.1 Å². The molecular weight excluding hydrogens is 356 g/mol. The van der Waals surface area contributed by atoms with E-state index in [0.717, 1.165) is 13.2 Å². The van der Waals surface area contributed by atoms with E-state index >= 15 is 0 Å². The van der Waals surface area contributed by atoms with Gasteiger partial charge in [0.15, 0.2) is 0 Å². The minimum Gasteiger partial charge on any atom is -0.394 e. The van der Waals surface area contributed by atoms with Crippen LogP contribution in [0.3, 0.4) is 0 Å². The minimum absolute atomic E-state index is 0.194. The van der Waals surface area contributed by atoms with Crippen molar-refractivity contribution in [3.63, 3.8) is 0 Å². The Morgan fingerprint density at radius 1 is 0.593 bits per heavy atom. The number of unbranched alkanes of at least 4 members (excludes halogenated alkanes) is 6. The molecule has 4 nitrogen and oxygen atoms in total. The molecule has 0 aromatic heterocycles. The highest BCUT2D eigenvalue weighted by molar-refractivity contribution is 6.48. The summed E-state index contributed by atoms with van der Waals surface area (Å²) in [7, 11) is -1.81. The van der Waals surface area contributed by atoms with Gasteiger partial charge in [-0.25, -0.2) is 0 Å². The quantitative estimate of drug-likeness (QED) is 0.173. The van der Waals surface area contributed by atoms with Crippen LogP contribution in [0.1, 0.15) is 98.8 Å². The average Bonchev–Trinajstić information content (AvgIpc) is 2.67. The van der Waals surface area contributed by atoms with E-state index in [1.165, 1.54) is 64.2 Å². The van der Waals surface area contributed by atoms with E-state index in [0.29, 0.717) is 26.4 Å². The maximum Gasteiger partial charge on any atom is 0.327 e. The van der Waals surface area contributed by atoms with E-state index in [2.05, 4.69) is 20.8 Å². The van der Waals surface area contributed by atoms with Crippen LogP contribution in [0.5, 0.6) is 0 Å². The maximum absolute atomic E-state index is 6.34. The molecule has 0 rings (SSSR count). The van der Waals surface area contributed by atoms with Crippen LogP contribution in [0.15, 0.2) is 0 Å². The molecule has 0 saturated heterocycles. The Bertz CT molecular complexity index is 278. The van der Waals surface area contributed by atoms with Crippen molar-refractivity contribution < 1.29 is 18.3 Å². The van der Waals surface area contributed by atoms with Gasteiger partial charge in [0.1, 0.15) is 0 Å². The number of ether oxygens (including phenoxy) is 2. The Balaban J connectivity index is 4.81. The van der Waals surface area contributed by atoms with Crippen LogP contribution in [0.25, 0.3) is 0 Å². The second-order valence-corrected chi connectivity index (χ2v) is 10.5. The number of hydrogen-bond acceptors (Lipinski definition) is 4. The van der Waals surface area contributed by atoms with Crippen molar-refractivity contribution >= 4 is 9.28 Å². The molecule has 0 fully saturated rings. The average molecular weight is 405 g/mol. The largest absolute Gasteiger partial charge is 0.394 e. The fourth-order valence-electron chi connectivity index (χ4n) is 3.44. The lowest BCUT2D eigenvalue weighted by molar-refractivity contribution is 0.0662. The molecule has 27 heavy (non-hydrogen) atoms. The summed E-state index contributed by atoms with van der Waals surface area (Å²) in [5, 5.41) is 0.194. The smallest absolute Gasteiger partial charge is 0.327 e. The molecule has 0 unspecified atom stereocenters. The van der Waals surface area contributed by atoms with E-state index in [4.69, 9.17) is 18.3 Å². The van der Waals surface area contributed by atoms with E-state index in [9.17, 15) is 0 Å². The third-order valence-corrected chi connectivity index (χ3v) is 7.97. The molecule has 0 aliphatic rings. The van der Waals surface area contributed by atoms with Gasteiger partial charge in [-0.15, -0.1) is 0 Å². The van der Waals surface area contributed by atoms with Crippen LogP contribution in [-0.2, 0) is 18.3 Å². The lowest BCUT2D eigenvalue weighted by Gasteiger charge is -2.36. The Kier molecular flexibility index (Phi) is 19.4. The first-order chi connectivity index (χ1) is 13.1. The molecule has 0 aliphatic heterocycles. The van der Waals surface area contributed by atoms with Gasteiger partial charge in [0.2, 0.25) is 0 Å². The summed E-state index contributed by atoms with van der Waals surface area (Å²) in [5.74, 6) is 0. The zero-order valence-corrected chi connectivity index (χ0v) is 20.2. The van der Waals surface area contributed by atoms with Crippen molar-refractivity contribution in [2.75, 3.05) is 39.6 Å². The standard InChI is InChI=1S/C22H48O4Si/c1-6-10-12-14-16-22(5,17-15-13-11-7-2)27(25-20-18-23-8-3)26-21-19-24-9-4/h27H,6-21H2,1-5H3. The summed E-state index contributed by atoms with van der Waals surface area (Å²) < 4.78 is 23.6. The SMILES string of the molecule is CCCCCCC(C)(CCCCCC)[SiH](OCCOCC)OCCOCC. The zero-order chi connectivity index (χ0) is 20.2. The lowest BCUT2D eigenvalue weighted by Crippen LogP contribution is -2.39. The molecule has 0 aromatic rings. The van der Waals surface area contributed by atoms with Gasteiger partial charge < -0.3 is 18.3 Å². The normalized spacial score (nSPS) is 12.2. The molecule has 0 spiro atoms. The van der Waals surface area contributed by atoms with Crippen molar-refractivity contribution in [1.29, 1.82) is 0 Å². The van der Waals surface area contributed by atoms with Crippen molar-refractivity contribution in [2.45, 2.75) is 104 Å². The first-order valence-corrected chi connectivity index (χ1v) is 13.0.